The normalized spacial score (nSPS) is 11.4. The van der Waals surface area contributed by atoms with Crippen LogP contribution >= 0.6 is 0 Å². The van der Waals surface area contributed by atoms with Gasteiger partial charge in [0.25, 0.3) is 0 Å². The molecule has 0 aliphatic heterocycles. The number of amides is 1. The molecule has 0 unspecified atom stereocenters. The zero-order chi connectivity index (χ0) is 12.9. The summed E-state index contributed by atoms with van der Waals surface area (Å²) in [5, 5.41) is 0. The lowest BCUT2D eigenvalue weighted by Gasteiger charge is -2.04. The Labute approximate surface area is 101 Å². The van der Waals surface area contributed by atoms with Crippen molar-refractivity contribution in [3.05, 3.63) is 24.0 Å². The zero-order valence-corrected chi connectivity index (χ0v) is 10.5. The average Bonchev–Trinajstić information content (AvgIpc) is 2.29. The highest BCUT2D eigenvalue weighted by Gasteiger charge is 2.12. The van der Waals surface area contributed by atoms with Gasteiger partial charge in [0, 0.05) is 18.8 Å². The second-order valence-electron chi connectivity index (χ2n) is 3.75. The van der Waals surface area contributed by atoms with E-state index in [2.05, 4.69) is 4.98 Å². The monoisotopic (exact) mass is 256 g/mol. The molecular weight excluding hydrogens is 240 g/mol. The number of aromatic nitrogens is 1. The standard InChI is InChI=1S/C11H16N2O3S/c1-2-17(15,16)10-6-9(7-13-8-10)4-3-5-11(12)14/h6-8H,2-5H2,1H3,(H2,12,14). The number of pyridine rings is 1. The maximum Gasteiger partial charge on any atom is 0.217 e. The Kier molecular flexibility index (Phi) is 4.62. The minimum absolute atomic E-state index is 0.0550. The van der Waals surface area contributed by atoms with Crippen LogP contribution in [0.4, 0.5) is 0 Å². The predicted molar refractivity (Wildman–Crippen MR) is 64.1 cm³/mol. The Morgan fingerprint density at radius 3 is 2.71 bits per heavy atom. The molecule has 2 N–H and O–H groups in total. The van der Waals surface area contributed by atoms with Crippen molar-refractivity contribution in [1.29, 1.82) is 0 Å². The second-order valence-corrected chi connectivity index (χ2v) is 6.03. The van der Waals surface area contributed by atoms with Crippen LogP contribution in [0.15, 0.2) is 23.4 Å². The van der Waals surface area contributed by atoms with E-state index < -0.39 is 9.84 Å². The first-order chi connectivity index (χ1) is 7.95. The maximum absolute atomic E-state index is 11.6. The van der Waals surface area contributed by atoms with E-state index in [1.807, 2.05) is 0 Å². The van der Waals surface area contributed by atoms with Crippen molar-refractivity contribution in [1.82, 2.24) is 4.98 Å². The van der Waals surface area contributed by atoms with Gasteiger partial charge in [-0.05, 0) is 24.5 Å². The Balaban J connectivity index is 2.76. The van der Waals surface area contributed by atoms with Gasteiger partial charge in [-0.1, -0.05) is 6.92 Å². The number of hydrogen-bond donors (Lipinski definition) is 1. The van der Waals surface area contributed by atoms with Crippen molar-refractivity contribution in [2.45, 2.75) is 31.1 Å². The Bertz CT molecular complexity index is 497. The van der Waals surface area contributed by atoms with Crippen LogP contribution < -0.4 is 5.73 Å². The van der Waals surface area contributed by atoms with Crippen LogP contribution in [0, 0.1) is 0 Å². The summed E-state index contributed by atoms with van der Waals surface area (Å²) in [5.41, 5.74) is 5.83. The summed E-state index contributed by atoms with van der Waals surface area (Å²) in [5.74, 6) is -0.297. The highest BCUT2D eigenvalue weighted by molar-refractivity contribution is 7.91. The molecule has 94 valence electrons. The van der Waals surface area contributed by atoms with Crippen molar-refractivity contribution in [2.75, 3.05) is 5.75 Å². The molecule has 6 heteroatoms. The molecule has 1 amide bonds. The summed E-state index contributed by atoms with van der Waals surface area (Å²) in [4.78, 5) is 14.7. The lowest BCUT2D eigenvalue weighted by molar-refractivity contribution is -0.118. The summed E-state index contributed by atoms with van der Waals surface area (Å²) in [7, 11) is -3.22. The van der Waals surface area contributed by atoms with Gasteiger partial charge >= 0.3 is 0 Å². The van der Waals surface area contributed by atoms with E-state index in [-0.39, 0.29) is 16.6 Å². The number of aryl methyl sites for hydroxylation is 1. The fraction of sp³-hybridized carbons (Fsp3) is 0.455. The van der Waals surface area contributed by atoms with Gasteiger partial charge in [-0.25, -0.2) is 8.42 Å². The van der Waals surface area contributed by atoms with Gasteiger partial charge in [0.1, 0.15) is 0 Å². The Hall–Kier alpha value is -1.43. The fourth-order valence-corrected chi connectivity index (χ4v) is 2.29. The van der Waals surface area contributed by atoms with Crippen molar-refractivity contribution in [3.8, 4) is 0 Å². The fourth-order valence-electron chi connectivity index (χ4n) is 1.40. The smallest absolute Gasteiger partial charge is 0.217 e. The number of nitrogens with zero attached hydrogens (tertiary/aromatic N) is 1. The predicted octanol–water partition coefficient (Wildman–Crippen LogP) is 0.683. The highest BCUT2D eigenvalue weighted by Crippen LogP contribution is 2.13. The molecule has 0 aliphatic carbocycles. The number of nitrogens with two attached hydrogens (primary N) is 1. The molecule has 0 atom stereocenters. The third-order valence-corrected chi connectivity index (χ3v) is 4.10. The van der Waals surface area contributed by atoms with Crippen molar-refractivity contribution in [3.63, 3.8) is 0 Å². The van der Waals surface area contributed by atoms with Crippen LogP contribution in [0.25, 0.3) is 0 Å². The first-order valence-corrected chi connectivity index (χ1v) is 7.06. The topological polar surface area (TPSA) is 90.1 Å². The maximum atomic E-state index is 11.6. The summed E-state index contributed by atoms with van der Waals surface area (Å²) >= 11 is 0. The van der Waals surface area contributed by atoms with Crippen molar-refractivity contribution >= 4 is 15.7 Å². The minimum atomic E-state index is -3.22. The van der Waals surface area contributed by atoms with Crippen LogP contribution in [0.5, 0.6) is 0 Å². The van der Waals surface area contributed by atoms with Gasteiger partial charge < -0.3 is 5.73 Å². The molecule has 0 spiro atoms. The third-order valence-electron chi connectivity index (χ3n) is 2.40. The first kappa shape index (κ1) is 13.6. The van der Waals surface area contributed by atoms with Crippen molar-refractivity contribution < 1.29 is 13.2 Å². The molecule has 0 radical (unpaired) electrons. The SMILES string of the molecule is CCS(=O)(=O)c1cncc(CCCC(N)=O)c1. The molecule has 5 nitrogen and oxygen atoms in total. The van der Waals surface area contributed by atoms with E-state index >= 15 is 0 Å². The third kappa shape index (κ3) is 4.14. The highest BCUT2D eigenvalue weighted by atomic mass is 32.2. The Morgan fingerprint density at radius 1 is 1.41 bits per heavy atom. The molecule has 17 heavy (non-hydrogen) atoms. The summed E-state index contributed by atoms with van der Waals surface area (Å²) in [6.07, 6.45) is 4.45. The number of carbonyl (C=O) groups excluding carboxylic acids is 1. The van der Waals surface area contributed by atoms with E-state index in [1.54, 1.807) is 19.2 Å². The van der Waals surface area contributed by atoms with Crippen LogP contribution in [0.1, 0.15) is 25.3 Å². The number of sulfone groups is 1. The van der Waals surface area contributed by atoms with Gasteiger partial charge in [-0.3, -0.25) is 9.78 Å². The molecule has 1 heterocycles. The molecule has 0 aromatic carbocycles. The van der Waals surface area contributed by atoms with Gasteiger partial charge in [-0.15, -0.1) is 0 Å². The van der Waals surface area contributed by atoms with Crippen molar-refractivity contribution in [2.24, 2.45) is 5.73 Å². The van der Waals surface area contributed by atoms with Crippen LogP contribution in [-0.2, 0) is 21.1 Å². The average molecular weight is 256 g/mol. The van der Waals surface area contributed by atoms with Gasteiger partial charge in [0.05, 0.1) is 10.6 Å². The molecular formula is C11H16N2O3S. The summed E-state index contributed by atoms with van der Waals surface area (Å²) in [6, 6.07) is 1.60. The Morgan fingerprint density at radius 2 is 2.12 bits per heavy atom. The number of primary amides is 1. The molecule has 1 rings (SSSR count). The lowest BCUT2D eigenvalue weighted by atomic mass is 10.1. The van der Waals surface area contributed by atoms with E-state index in [4.69, 9.17) is 5.73 Å². The molecule has 1 aromatic rings. The molecule has 0 aliphatic rings. The van der Waals surface area contributed by atoms with Gasteiger partial charge in [0.15, 0.2) is 9.84 Å². The van der Waals surface area contributed by atoms with E-state index in [9.17, 15) is 13.2 Å². The van der Waals surface area contributed by atoms with Gasteiger partial charge in [-0.2, -0.15) is 0 Å². The zero-order valence-electron chi connectivity index (χ0n) is 9.72. The first-order valence-electron chi connectivity index (χ1n) is 5.40. The van der Waals surface area contributed by atoms with Crippen LogP contribution in [-0.4, -0.2) is 25.1 Å². The molecule has 0 bridgehead atoms. The second kappa shape index (κ2) is 5.77. The summed E-state index contributed by atoms with van der Waals surface area (Å²) in [6.45, 7) is 1.59. The lowest BCUT2D eigenvalue weighted by Crippen LogP contribution is -2.10. The number of rotatable bonds is 6. The van der Waals surface area contributed by atoms with Crippen LogP contribution in [0.3, 0.4) is 0 Å². The molecule has 1 aromatic heterocycles. The van der Waals surface area contributed by atoms with Gasteiger partial charge in [0.2, 0.25) is 5.91 Å². The van der Waals surface area contributed by atoms with E-state index in [0.717, 1.165) is 5.56 Å². The number of carbonyl (C=O) groups is 1. The van der Waals surface area contributed by atoms with E-state index in [0.29, 0.717) is 19.3 Å². The molecule has 0 saturated heterocycles. The minimum Gasteiger partial charge on any atom is -0.370 e. The van der Waals surface area contributed by atoms with E-state index in [1.165, 1.54) is 6.20 Å². The number of hydrogen-bond acceptors (Lipinski definition) is 4. The van der Waals surface area contributed by atoms with Crippen LogP contribution in [0.2, 0.25) is 0 Å². The largest absolute Gasteiger partial charge is 0.370 e. The molecule has 0 fully saturated rings. The molecule has 0 saturated carbocycles. The quantitative estimate of drug-likeness (QED) is 0.810. The summed E-state index contributed by atoms with van der Waals surface area (Å²) < 4.78 is 23.2.